The van der Waals surface area contributed by atoms with Gasteiger partial charge in [0, 0.05) is 12.7 Å². The van der Waals surface area contributed by atoms with Gasteiger partial charge in [-0.1, -0.05) is 53.7 Å². The zero-order valence-electron chi connectivity index (χ0n) is 16.5. The molecule has 1 saturated heterocycles. The molecule has 0 aliphatic carbocycles. The van der Waals surface area contributed by atoms with Crippen LogP contribution < -0.4 is 5.32 Å². The molecule has 0 saturated carbocycles. The normalized spacial score (nSPS) is 21.3. The maximum Gasteiger partial charge on any atom is 0.322 e. The molecule has 0 unspecified atom stereocenters. The Morgan fingerprint density at radius 2 is 1.80 bits per heavy atom. The van der Waals surface area contributed by atoms with Crippen molar-refractivity contribution in [2.24, 2.45) is 0 Å². The topological polar surface area (TPSA) is 61.8 Å². The number of ether oxygens (including phenoxy) is 1. The molecular formula is C20H32N2O3. The van der Waals surface area contributed by atoms with Crippen LogP contribution in [-0.2, 0) is 15.6 Å². The third-order valence-electron chi connectivity index (χ3n) is 4.77. The van der Waals surface area contributed by atoms with E-state index >= 15 is 0 Å². The van der Waals surface area contributed by atoms with E-state index in [9.17, 15) is 9.90 Å². The minimum absolute atomic E-state index is 0.00270. The van der Waals surface area contributed by atoms with Gasteiger partial charge in [0.05, 0.1) is 25.4 Å². The molecule has 5 heteroatoms. The minimum Gasteiger partial charge on any atom is -0.388 e. The van der Waals surface area contributed by atoms with Gasteiger partial charge in [-0.25, -0.2) is 4.79 Å². The molecular weight excluding hydrogens is 316 g/mol. The number of anilines is 1. The van der Waals surface area contributed by atoms with Crippen LogP contribution in [0.4, 0.5) is 10.5 Å². The van der Waals surface area contributed by atoms with Gasteiger partial charge in [0.25, 0.3) is 0 Å². The number of nitrogens with one attached hydrogen (secondary N) is 1. The minimum atomic E-state index is -0.640. The van der Waals surface area contributed by atoms with Crippen LogP contribution in [0, 0.1) is 0 Å². The fourth-order valence-electron chi connectivity index (χ4n) is 3.02. The fraction of sp³-hybridized carbons (Fsp3) is 0.650. The maximum absolute atomic E-state index is 12.7. The zero-order valence-corrected chi connectivity index (χ0v) is 16.5. The molecule has 1 aromatic carbocycles. The number of urea groups is 1. The van der Waals surface area contributed by atoms with E-state index in [0.29, 0.717) is 6.61 Å². The number of hydrogen-bond acceptors (Lipinski definition) is 3. The Hall–Kier alpha value is -1.59. The summed E-state index contributed by atoms with van der Waals surface area (Å²) in [5, 5.41) is 13.0. The maximum atomic E-state index is 12.7. The van der Waals surface area contributed by atoms with Crippen LogP contribution in [0.3, 0.4) is 0 Å². The van der Waals surface area contributed by atoms with Crippen LogP contribution in [0.5, 0.6) is 0 Å². The number of carbonyl (C=O) groups is 1. The highest BCUT2D eigenvalue weighted by Crippen LogP contribution is 2.34. The molecule has 5 nitrogen and oxygen atoms in total. The summed E-state index contributed by atoms with van der Waals surface area (Å²) in [5.41, 5.74) is 2.99. The molecule has 1 aromatic rings. The second-order valence-corrected chi connectivity index (χ2v) is 8.97. The fourth-order valence-corrected chi connectivity index (χ4v) is 3.02. The summed E-state index contributed by atoms with van der Waals surface area (Å²) in [6.07, 6.45) is -0.640. The first kappa shape index (κ1) is 19.7. The van der Waals surface area contributed by atoms with Crippen LogP contribution in [0.1, 0.15) is 52.7 Å². The van der Waals surface area contributed by atoms with E-state index in [1.54, 1.807) is 7.05 Å². The SMILES string of the molecule is CN(C(=O)Nc1cc(C(C)(C)C)ccc1C(C)(C)C)[C@@H]1COC[C@H]1O. The molecule has 140 valence electrons. The molecule has 0 radical (unpaired) electrons. The predicted octanol–water partition coefficient (Wildman–Crippen LogP) is 3.51. The van der Waals surface area contributed by atoms with Crippen LogP contribution in [0.15, 0.2) is 18.2 Å². The summed E-state index contributed by atoms with van der Waals surface area (Å²) in [4.78, 5) is 14.3. The third-order valence-corrected chi connectivity index (χ3v) is 4.77. The Morgan fingerprint density at radius 1 is 1.16 bits per heavy atom. The van der Waals surface area contributed by atoms with Crippen LogP contribution in [-0.4, -0.2) is 48.4 Å². The van der Waals surface area contributed by atoms with Crippen LogP contribution >= 0.6 is 0 Å². The van der Waals surface area contributed by atoms with Crippen LogP contribution in [0.25, 0.3) is 0 Å². The second-order valence-electron chi connectivity index (χ2n) is 8.97. The quantitative estimate of drug-likeness (QED) is 0.860. The van der Waals surface area contributed by atoms with Crippen molar-refractivity contribution in [3.8, 4) is 0 Å². The van der Waals surface area contributed by atoms with Gasteiger partial charge in [-0.2, -0.15) is 0 Å². The van der Waals surface area contributed by atoms with Crippen molar-refractivity contribution < 1.29 is 14.6 Å². The van der Waals surface area contributed by atoms with Crippen molar-refractivity contribution in [3.63, 3.8) is 0 Å². The average Bonchev–Trinajstić information content (AvgIpc) is 2.90. The smallest absolute Gasteiger partial charge is 0.322 e. The zero-order chi connectivity index (χ0) is 19.0. The number of benzene rings is 1. The highest BCUT2D eigenvalue weighted by molar-refractivity contribution is 5.90. The Bertz CT molecular complexity index is 629. The van der Waals surface area contributed by atoms with Crippen molar-refractivity contribution >= 4 is 11.7 Å². The molecule has 25 heavy (non-hydrogen) atoms. The summed E-state index contributed by atoms with van der Waals surface area (Å²) in [6, 6.07) is 5.75. The Morgan fingerprint density at radius 3 is 2.28 bits per heavy atom. The van der Waals surface area contributed by atoms with Crippen molar-refractivity contribution in [2.45, 2.75) is 64.5 Å². The molecule has 1 fully saturated rings. The average molecular weight is 348 g/mol. The molecule has 1 aliphatic heterocycles. The number of amides is 2. The Balaban J connectivity index is 2.31. The highest BCUT2D eigenvalue weighted by Gasteiger charge is 2.33. The van der Waals surface area contributed by atoms with Crippen molar-refractivity contribution in [2.75, 3.05) is 25.6 Å². The largest absolute Gasteiger partial charge is 0.388 e. The first-order valence-electron chi connectivity index (χ1n) is 8.86. The van der Waals surface area contributed by atoms with Gasteiger partial charge >= 0.3 is 6.03 Å². The molecule has 1 heterocycles. The first-order valence-corrected chi connectivity index (χ1v) is 8.86. The summed E-state index contributed by atoms with van der Waals surface area (Å²) in [6.45, 7) is 13.5. The van der Waals surface area contributed by atoms with E-state index in [2.05, 4.69) is 65.1 Å². The van der Waals surface area contributed by atoms with Gasteiger partial charge in [-0.05, 0) is 28.0 Å². The van der Waals surface area contributed by atoms with E-state index in [-0.39, 0.29) is 29.5 Å². The van der Waals surface area contributed by atoms with Gasteiger partial charge in [0.1, 0.15) is 0 Å². The van der Waals surface area contributed by atoms with Crippen LogP contribution in [0.2, 0.25) is 0 Å². The van der Waals surface area contributed by atoms with E-state index in [0.717, 1.165) is 11.3 Å². The molecule has 2 atom stereocenters. The summed E-state index contributed by atoms with van der Waals surface area (Å²) in [5.74, 6) is 0. The lowest BCUT2D eigenvalue weighted by atomic mass is 9.81. The van der Waals surface area contributed by atoms with Crippen molar-refractivity contribution in [3.05, 3.63) is 29.3 Å². The molecule has 2 amide bonds. The van der Waals surface area contributed by atoms with E-state index < -0.39 is 6.10 Å². The lowest BCUT2D eigenvalue weighted by Crippen LogP contribution is -2.46. The van der Waals surface area contributed by atoms with Crippen molar-refractivity contribution in [1.29, 1.82) is 0 Å². The van der Waals surface area contributed by atoms with E-state index in [1.165, 1.54) is 10.5 Å². The van der Waals surface area contributed by atoms with Gasteiger partial charge in [0.15, 0.2) is 0 Å². The lowest BCUT2D eigenvalue weighted by molar-refractivity contribution is 0.106. The number of likely N-dealkylation sites (N-methyl/N-ethyl adjacent to an activating group) is 1. The summed E-state index contributed by atoms with van der Waals surface area (Å²) in [7, 11) is 1.70. The van der Waals surface area contributed by atoms with Crippen molar-refractivity contribution in [1.82, 2.24) is 4.90 Å². The number of hydrogen-bond donors (Lipinski definition) is 2. The molecule has 2 rings (SSSR count). The number of aliphatic hydroxyl groups is 1. The monoisotopic (exact) mass is 348 g/mol. The van der Waals surface area contributed by atoms with Gasteiger partial charge < -0.3 is 20.1 Å². The number of aliphatic hydroxyl groups excluding tert-OH is 1. The molecule has 2 N–H and O–H groups in total. The van der Waals surface area contributed by atoms with Gasteiger partial charge in [0.2, 0.25) is 0 Å². The van der Waals surface area contributed by atoms with E-state index in [4.69, 9.17) is 4.74 Å². The summed E-state index contributed by atoms with van der Waals surface area (Å²) >= 11 is 0. The standard InChI is InChI=1S/C20H32N2O3/c1-19(2,3)13-8-9-14(20(4,5)6)15(10-13)21-18(24)22(7)16-11-25-12-17(16)23/h8-10,16-17,23H,11-12H2,1-7H3,(H,21,24)/t16-,17-/m1/s1. The highest BCUT2D eigenvalue weighted by atomic mass is 16.5. The Labute approximate surface area is 151 Å². The second kappa shape index (κ2) is 6.96. The first-order chi connectivity index (χ1) is 11.4. The number of carbonyl (C=O) groups excluding carboxylic acids is 1. The lowest BCUT2D eigenvalue weighted by Gasteiger charge is -2.30. The molecule has 0 spiro atoms. The van der Waals surface area contributed by atoms with E-state index in [1.807, 2.05) is 0 Å². The predicted molar refractivity (Wildman–Crippen MR) is 101 cm³/mol. The Kier molecular flexibility index (Phi) is 5.50. The molecule has 0 aromatic heterocycles. The third kappa shape index (κ3) is 4.53. The summed E-state index contributed by atoms with van der Waals surface area (Å²) < 4.78 is 5.26. The van der Waals surface area contributed by atoms with Gasteiger partial charge in [-0.3, -0.25) is 0 Å². The number of rotatable bonds is 2. The number of nitrogens with zero attached hydrogens (tertiary/aromatic N) is 1. The van der Waals surface area contributed by atoms with Gasteiger partial charge in [-0.15, -0.1) is 0 Å². The molecule has 1 aliphatic rings. The molecule has 0 bridgehead atoms.